The lowest BCUT2D eigenvalue weighted by Crippen LogP contribution is -2.22. The van der Waals surface area contributed by atoms with Crippen LogP contribution in [0.15, 0.2) is 6.33 Å². The highest BCUT2D eigenvalue weighted by molar-refractivity contribution is 5.87. The van der Waals surface area contributed by atoms with Crippen molar-refractivity contribution in [3.05, 3.63) is 6.33 Å². The van der Waals surface area contributed by atoms with Crippen LogP contribution < -0.4 is 15.8 Å². The number of imidazole rings is 1. The van der Waals surface area contributed by atoms with Crippen molar-refractivity contribution in [2.75, 3.05) is 18.5 Å². The minimum Gasteiger partial charge on any atom is -0.476 e. The van der Waals surface area contributed by atoms with E-state index in [-0.39, 0.29) is 12.2 Å². The first kappa shape index (κ1) is 14.5. The lowest BCUT2D eigenvalue weighted by Gasteiger charge is -2.23. The molecule has 3 N–H and O–H groups in total. The number of primary amides is 1. The highest BCUT2D eigenvalue weighted by Crippen LogP contribution is 2.29. The van der Waals surface area contributed by atoms with Crippen LogP contribution in [0.3, 0.4) is 0 Å². The van der Waals surface area contributed by atoms with Gasteiger partial charge in [0, 0.05) is 6.61 Å². The van der Waals surface area contributed by atoms with Crippen LogP contribution in [-0.4, -0.2) is 38.8 Å². The zero-order chi connectivity index (χ0) is 15.5. The number of nitrogens with one attached hydrogen (secondary N) is 1. The second-order valence-electron chi connectivity index (χ2n) is 4.92. The maximum atomic E-state index is 11.0. The van der Waals surface area contributed by atoms with Crippen molar-refractivity contribution in [1.29, 1.82) is 0 Å². The quantitative estimate of drug-likeness (QED) is 0.882. The molecule has 1 aliphatic heterocycles. The van der Waals surface area contributed by atoms with Gasteiger partial charge in [-0.15, -0.1) is 0 Å². The van der Waals surface area contributed by atoms with Gasteiger partial charge in [0.1, 0.15) is 6.23 Å². The predicted octanol–water partition coefficient (Wildman–Crippen LogP) is 1.41. The fourth-order valence-electron chi connectivity index (χ4n) is 2.45. The van der Waals surface area contributed by atoms with Crippen molar-refractivity contribution >= 4 is 23.1 Å². The molecule has 1 aliphatic rings. The van der Waals surface area contributed by atoms with E-state index >= 15 is 0 Å². The first-order chi connectivity index (χ1) is 10.7. The molecular formula is C13H18N6O3. The second kappa shape index (κ2) is 6.14. The normalized spacial score (nSPS) is 18.3. The van der Waals surface area contributed by atoms with Gasteiger partial charge in [0.25, 0.3) is 0 Å². The second-order valence-corrected chi connectivity index (χ2v) is 4.92. The molecule has 3 heterocycles. The molecule has 0 saturated carbocycles. The van der Waals surface area contributed by atoms with Crippen molar-refractivity contribution in [2.45, 2.75) is 32.4 Å². The third kappa shape index (κ3) is 2.80. The van der Waals surface area contributed by atoms with Crippen LogP contribution in [0.25, 0.3) is 11.2 Å². The maximum Gasteiger partial charge on any atom is 0.319 e. The fourth-order valence-corrected chi connectivity index (χ4v) is 2.45. The summed E-state index contributed by atoms with van der Waals surface area (Å²) in [5, 5.41) is 2.37. The largest absolute Gasteiger partial charge is 0.476 e. The van der Waals surface area contributed by atoms with Crippen LogP contribution in [-0.2, 0) is 4.74 Å². The molecular weight excluding hydrogens is 288 g/mol. The van der Waals surface area contributed by atoms with Crippen molar-refractivity contribution in [3.8, 4) is 5.88 Å². The number of nitrogens with zero attached hydrogens (tertiary/aromatic N) is 4. The fraction of sp³-hybridized carbons (Fsp3) is 0.538. The van der Waals surface area contributed by atoms with Crippen LogP contribution >= 0.6 is 0 Å². The van der Waals surface area contributed by atoms with Gasteiger partial charge in [0.2, 0.25) is 11.8 Å². The van der Waals surface area contributed by atoms with E-state index in [1.807, 2.05) is 11.5 Å². The minimum atomic E-state index is -0.734. The molecule has 2 aromatic rings. The molecule has 1 saturated heterocycles. The van der Waals surface area contributed by atoms with Gasteiger partial charge in [-0.05, 0) is 26.2 Å². The summed E-state index contributed by atoms with van der Waals surface area (Å²) in [6, 6.07) is -0.734. The molecule has 0 spiro atoms. The zero-order valence-corrected chi connectivity index (χ0v) is 12.3. The summed E-state index contributed by atoms with van der Waals surface area (Å²) in [6.45, 7) is 2.98. The molecule has 2 amide bonds. The summed E-state index contributed by atoms with van der Waals surface area (Å²) in [5.74, 6) is 0.395. The van der Waals surface area contributed by atoms with Gasteiger partial charge in [0.05, 0.1) is 12.9 Å². The standard InChI is InChI=1S/C13H18N6O3/c1-2-21-11-9-10(16-13(17-11)18-12(14)20)19(7-15-9)8-5-3-4-6-22-8/h7-8H,2-6H2,1H3,(H3,14,16,17,18,20). The first-order valence-electron chi connectivity index (χ1n) is 7.24. The molecule has 1 atom stereocenters. The van der Waals surface area contributed by atoms with E-state index in [0.717, 1.165) is 19.3 Å². The Morgan fingerprint density at radius 3 is 3.09 bits per heavy atom. The highest BCUT2D eigenvalue weighted by atomic mass is 16.5. The van der Waals surface area contributed by atoms with Gasteiger partial charge < -0.3 is 15.2 Å². The van der Waals surface area contributed by atoms with Crippen molar-refractivity contribution in [2.24, 2.45) is 5.73 Å². The zero-order valence-electron chi connectivity index (χ0n) is 12.3. The summed E-state index contributed by atoms with van der Waals surface area (Å²) in [5.41, 5.74) is 6.21. The van der Waals surface area contributed by atoms with E-state index in [9.17, 15) is 4.79 Å². The van der Waals surface area contributed by atoms with Gasteiger partial charge in [-0.3, -0.25) is 9.88 Å². The Morgan fingerprint density at radius 1 is 1.55 bits per heavy atom. The average Bonchev–Trinajstić information content (AvgIpc) is 2.92. The molecule has 9 nitrogen and oxygen atoms in total. The van der Waals surface area contributed by atoms with E-state index in [1.54, 1.807) is 6.33 Å². The van der Waals surface area contributed by atoms with Gasteiger partial charge in [-0.2, -0.15) is 9.97 Å². The Labute approximate surface area is 126 Å². The van der Waals surface area contributed by atoms with Crippen LogP contribution in [0.1, 0.15) is 32.4 Å². The molecule has 0 aromatic carbocycles. The molecule has 9 heteroatoms. The van der Waals surface area contributed by atoms with Crippen LogP contribution in [0.2, 0.25) is 0 Å². The number of amides is 2. The van der Waals surface area contributed by atoms with Crippen molar-refractivity contribution in [3.63, 3.8) is 0 Å². The van der Waals surface area contributed by atoms with E-state index < -0.39 is 6.03 Å². The molecule has 2 aromatic heterocycles. The number of ether oxygens (including phenoxy) is 2. The number of hydrogen-bond acceptors (Lipinski definition) is 6. The molecule has 0 radical (unpaired) electrons. The third-order valence-corrected chi connectivity index (χ3v) is 3.37. The molecule has 118 valence electrons. The number of anilines is 1. The highest BCUT2D eigenvalue weighted by Gasteiger charge is 2.22. The van der Waals surface area contributed by atoms with Gasteiger partial charge >= 0.3 is 6.03 Å². The Kier molecular flexibility index (Phi) is 4.05. The van der Waals surface area contributed by atoms with E-state index in [0.29, 0.717) is 30.3 Å². The van der Waals surface area contributed by atoms with E-state index in [4.69, 9.17) is 15.2 Å². The maximum absolute atomic E-state index is 11.0. The number of rotatable bonds is 4. The summed E-state index contributed by atoms with van der Waals surface area (Å²) >= 11 is 0. The number of carbonyl (C=O) groups is 1. The van der Waals surface area contributed by atoms with Gasteiger partial charge in [0.15, 0.2) is 11.2 Å². The smallest absolute Gasteiger partial charge is 0.319 e. The average molecular weight is 306 g/mol. The topological polar surface area (TPSA) is 117 Å². The summed E-state index contributed by atoms with van der Waals surface area (Å²) in [4.78, 5) is 23.8. The van der Waals surface area contributed by atoms with Crippen molar-refractivity contribution < 1.29 is 14.3 Å². The number of nitrogens with two attached hydrogens (primary N) is 1. The summed E-state index contributed by atoms with van der Waals surface area (Å²) in [6.07, 6.45) is 4.56. The Balaban J connectivity index is 2.06. The first-order valence-corrected chi connectivity index (χ1v) is 7.24. The minimum absolute atomic E-state index is 0.0843. The van der Waals surface area contributed by atoms with Crippen molar-refractivity contribution in [1.82, 2.24) is 19.5 Å². The Bertz CT molecular complexity index is 680. The van der Waals surface area contributed by atoms with Gasteiger partial charge in [-0.25, -0.2) is 9.78 Å². The number of aromatic nitrogens is 4. The number of hydrogen-bond donors (Lipinski definition) is 2. The third-order valence-electron chi connectivity index (χ3n) is 3.37. The predicted molar refractivity (Wildman–Crippen MR) is 78.5 cm³/mol. The monoisotopic (exact) mass is 306 g/mol. The van der Waals surface area contributed by atoms with E-state index in [2.05, 4.69) is 20.3 Å². The van der Waals surface area contributed by atoms with Gasteiger partial charge in [-0.1, -0.05) is 0 Å². The Morgan fingerprint density at radius 2 is 2.41 bits per heavy atom. The number of fused-ring (bicyclic) bond motifs is 1. The molecule has 3 rings (SSSR count). The van der Waals surface area contributed by atoms with E-state index in [1.165, 1.54) is 0 Å². The molecule has 1 unspecified atom stereocenters. The molecule has 0 bridgehead atoms. The number of carbonyl (C=O) groups excluding carboxylic acids is 1. The summed E-state index contributed by atoms with van der Waals surface area (Å²) < 4.78 is 13.1. The Hall–Kier alpha value is -2.42. The summed E-state index contributed by atoms with van der Waals surface area (Å²) in [7, 11) is 0. The lowest BCUT2D eigenvalue weighted by molar-refractivity contribution is -0.0298. The van der Waals surface area contributed by atoms with Crippen LogP contribution in [0.5, 0.6) is 5.88 Å². The molecule has 1 fully saturated rings. The lowest BCUT2D eigenvalue weighted by atomic mass is 10.2. The number of urea groups is 1. The van der Waals surface area contributed by atoms with Crippen LogP contribution in [0.4, 0.5) is 10.7 Å². The SMILES string of the molecule is CCOc1nc(NC(N)=O)nc2c1ncn2C1CCCCO1. The van der Waals surface area contributed by atoms with Crippen LogP contribution in [0, 0.1) is 0 Å². The molecule has 22 heavy (non-hydrogen) atoms. The molecule has 0 aliphatic carbocycles.